The molecule has 4 aliphatic rings. The Morgan fingerprint density at radius 3 is 2.41 bits per heavy atom. The number of hydrogen-bond donors (Lipinski definition) is 4. The molecule has 0 saturated carbocycles. The summed E-state index contributed by atoms with van der Waals surface area (Å²) in [6, 6.07) is 9.42. The Morgan fingerprint density at radius 1 is 0.897 bits per heavy atom. The van der Waals surface area contributed by atoms with Crippen LogP contribution in [0.5, 0.6) is 0 Å². The van der Waals surface area contributed by atoms with Gasteiger partial charge in [0.1, 0.15) is 48.8 Å². The Balaban J connectivity index is 1.35. The molecule has 4 saturated heterocycles. The summed E-state index contributed by atoms with van der Waals surface area (Å²) in [5, 5.41) is 39.7. The van der Waals surface area contributed by atoms with Gasteiger partial charge in [-0.25, -0.2) is 0 Å². The van der Waals surface area contributed by atoms with Gasteiger partial charge in [0.05, 0.1) is 13.2 Å². The zero-order chi connectivity index (χ0) is 20.1. The van der Waals surface area contributed by atoms with E-state index in [1.54, 1.807) is 0 Å². The number of hydrogen-bond acceptors (Lipinski definition) is 10. The van der Waals surface area contributed by atoms with Crippen LogP contribution in [-0.4, -0.2) is 95.1 Å². The van der Waals surface area contributed by atoms with Gasteiger partial charge < -0.3 is 48.8 Å². The lowest BCUT2D eigenvalue weighted by Gasteiger charge is -2.43. The Bertz CT molecular complexity index is 701. The van der Waals surface area contributed by atoms with E-state index < -0.39 is 74.3 Å². The molecule has 0 radical (unpaired) electrons. The maximum atomic E-state index is 10.3. The van der Waals surface area contributed by atoms with Crippen LogP contribution in [0.4, 0.5) is 0 Å². The summed E-state index contributed by atoms with van der Waals surface area (Å²) in [7, 11) is 0. The van der Waals surface area contributed by atoms with Gasteiger partial charge in [-0.1, -0.05) is 30.3 Å². The predicted molar refractivity (Wildman–Crippen MR) is 92.2 cm³/mol. The normalized spacial score (nSPS) is 49.2. The number of benzene rings is 1. The van der Waals surface area contributed by atoms with E-state index in [4.69, 9.17) is 28.4 Å². The van der Waals surface area contributed by atoms with Gasteiger partial charge in [-0.2, -0.15) is 0 Å². The fourth-order valence-electron chi connectivity index (χ4n) is 4.22. The average molecular weight is 412 g/mol. The standard InChI is InChI=1S/C19H24O10/c20-6-9-11(21)12(22)13(23)18(25-9)27-14-10-7-24-19(26-10)16-15(14)28-17(29-16)8-4-2-1-3-5-8/h1-5,9-23H,6-7H2/t9-,10-,11+,12+,13-,14-,15+,16+,17?,18+,19-/m1/s1. The Hall–Kier alpha value is -1.18. The van der Waals surface area contributed by atoms with Crippen molar-refractivity contribution in [3.63, 3.8) is 0 Å². The molecule has 5 rings (SSSR count). The topological polar surface area (TPSA) is 136 Å². The van der Waals surface area contributed by atoms with E-state index in [1.807, 2.05) is 30.3 Å². The highest BCUT2D eigenvalue weighted by Gasteiger charge is 2.59. The minimum atomic E-state index is -1.53. The van der Waals surface area contributed by atoms with Gasteiger partial charge in [0.25, 0.3) is 0 Å². The van der Waals surface area contributed by atoms with E-state index in [9.17, 15) is 20.4 Å². The van der Waals surface area contributed by atoms with Crippen molar-refractivity contribution in [2.75, 3.05) is 13.2 Å². The third kappa shape index (κ3) is 3.39. The Morgan fingerprint density at radius 2 is 1.66 bits per heavy atom. The van der Waals surface area contributed by atoms with E-state index in [0.717, 1.165) is 5.56 Å². The minimum absolute atomic E-state index is 0.252. The first-order chi connectivity index (χ1) is 14.1. The van der Waals surface area contributed by atoms with Gasteiger partial charge in [0.2, 0.25) is 0 Å². The zero-order valence-corrected chi connectivity index (χ0v) is 15.4. The summed E-state index contributed by atoms with van der Waals surface area (Å²) >= 11 is 0. The Labute approximate surface area is 166 Å². The van der Waals surface area contributed by atoms with Crippen LogP contribution in [0, 0.1) is 0 Å². The molecule has 4 fully saturated rings. The fraction of sp³-hybridized carbons (Fsp3) is 0.684. The fourth-order valence-corrected chi connectivity index (χ4v) is 4.22. The molecule has 10 heteroatoms. The lowest BCUT2D eigenvalue weighted by Crippen LogP contribution is -2.62. The lowest BCUT2D eigenvalue weighted by atomic mass is 9.98. The molecular weight excluding hydrogens is 388 g/mol. The highest BCUT2D eigenvalue weighted by Crippen LogP contribution is 2.43. The molecule has 1 unspecified atom stereocenters. The molecule has 4 N–H and O–H groups in total. The van der Waals surface area contributed by atoms with Crippen molar-refractivity contribution in [1.29, 1.82) is 0 Å². The average Bonchev–Trinajstić information content (AvgIpc) is 3.38. The molecule has 11 atom stereocenters. The van der Waals surface area contributed by atoms with Crippen LogP contribution < -0.4 is 0 Å². The van der Waals surface area contributed by atoms with Gasteiger partial charge in [-0.05, 0) is 0 Å². The molecular formula is C19H24O10. The SMILES string of the molecule is OC[C@H]1O[C@@H](O[C@H]2[C@@H]3OC(c4ccccc4)O[C@@H]3[C@@H]3OC[C@H]2O3)[C@H](O)[C@@H](O)[C@H]1O. The van der Waals surface area contributed by atoms with E-state index in [-0.39, 0.29) is 6.61 Å². The molecule has 0 aliphatic carbocycles. The summed E-state index contributed by atoms with van der Waals surface area (Å²) in [5.74, 6) is 0. The second kappa shape index (κ2) is 7.82. The first-order valence-electron chi connectivity index (χ1n) is 9.65. The molecule has 0 aromatic heterocycles. The summed E-state index contributed by atoms with van der Waals surface area (Å²) in [4.78, 5) is 0. The second-order valence-corrected chi connectivity index (χ2v) is 7.62. The van der Waals surface area contributed by atoms with Crippen LogP contribution in [0.1, 0.15) is 11.9 Å². The van der Waals surface area contributed by atoms with Crippen LogP contribution in [0.3, 0.4) is 0 Å². The van der Waals surface area contributed by atoms with E-state index >= 15 is 0 Å². The minimum Gasteiger partial charge on any atom is -0.394 e. The molecule has 1 aromatic rings. The summed E-state index contributed by atoms with van der Waals surface area (Å²) < 4.78 is 35.1. The first-order valence-corrected chi connectivity index (χ1v) is 9.65. The molecule has 4 aliphatic heterocycles. The van der Waals surface area contributed by atoms with Crippen molar-refractivity contribution < 1.29 is 48.8 Å². The number of ether oxygens (including phenoxy) is 6. The quantitative estimate of drug-likeness (QED) is 0.458. The highest BCUT2D eigenvalue weighted by molar-refractivity contribution is 5.17. The maximum Gasteiger partial charge on any atom is 0.187 e. The van der Waals surface area contributed by atoms with Crippen LogP contribution in [-0.2, 0) is 28.4 Å². The van der Waals surface area contributed by atoms with Crippen LogP contribution >= 0.6 is 0 Å². The van der Waals surface area contributed by atoms with Crippen molar-refractivity contribution >= 4 is 0 Å². The molecule has 0 spiro atoms. The molecule has 2 bridgehead atoms. The number of rotatable bonds is 4. The third-order valence-electron chi connectivity index (χ3n) is 5.79. The monoisotopic (exact) mass is 412 g/mol. The Kier molecular flexibility index (Phi) is 5.33. The van der Waals surface area contributed by atoms with Gasteiger partial charge in [0.15, 0.2) is 18.9 Å². The molecule has 4 heterocycles. The number of aliphatic hydroxyl groups excluding tert-OH is 4. The number of fused-ring (bicyclic) bond motifs is 4. The van der Waals surface area contributed by atoms with E-state index in [1.165, 1.54) is 0 Å². The van der Waals surface area contributed by atoms with Crippen molar-refractivity contribution in [1.82, 2.24) is 0 Å². The molecule has 160 valence electrons. The lowest BCUT2D eigenvalue weighted by molar-refractivity contribution is -0.331. The van der Waals surface area contributed by atoms with Gasteiger partial charge in [0, 0.05) is 5.56 Å². The second-order valence-electron chi connectivity index (χ2n) is 7.62. The summed E-state index contributed by atoms with van der Waals surface area (Å²) in [6.07, 6.45) is -10.4. The van der Waals surface area contributed by atoms with Gasteiger partial charge in [-0.15, -0.1) is 0 Å². The molecule has 1 aromatic carbocycles. The summed E-state index contributed by atoms with van der Waals surface area (Å²) in [6.45, 7) is -0.287. The van der Waals surface area contributed by atoms with Crippen LogP contribution in [0.25, 0.3) is 0 Å². The van der Waals surface area contributed by atoms with E-state index in [2.05, 4.69) is 0 Å². The molecule has 0 amide bonds. The predicted octanol–water partition coefficient (Wildman–Crippen LogP) is -1.59. The largest absolute Gasteiger partial charge is 0.394 e. The smallest absolute Gasteiger partial charge is 0.187 e. The van der Waals surface area contributed by atoms with Crippen molar-refractivity contribution in [2.24, 2.45) is 0 Å². The number of aliphatic hydroxyl groups is 4. The van der Waals surface area contributed by atoms with Crippen LogP contribution in [0.15, 0.2) is 30.3 Å². The van der Waals surface area contributed by atoms with Gasteiger partial charge >= 0.3 is 0 Å². The molecule has 10 nitrogen and oxygen atoms in total. The van der Waals surface area contributed by atoms with Crippen LogP contribution in [0.2, 0.25) is 0 Å². The highest BCUT2D eigenvalue weighted by atomic mass is 16.8. The summed E-state index contributed by atoms with van der Waals surface area (Å²) in [5.41, 5.74) is 0.837. The molecule has 29 heavy (non-hydrogen) atoms. The van der Waals surface area contributed by atoms with Crippen molar-refractivity contribution in [2.45, 2.75) is 67.7 Å². The third-order valence-corrected chi connectivity index (χ3v) is 5.79. The first kappa shape index (κ1) is 19.8. The van der Waals surface area contributed by atoms with Crippen molar-refractivity contribution in [3.05, 3.63) is 35.9 Å². The van der Waals surface area contributed by atoms with Crippen molar-refractivity contribution in [3.8, 4) is 0 Å². The van der Waals surface area contributed by atoms with E-state index in [0.29, 0.717) is 0 Å². The van der Waals surface area contributed by atoms with Gasteiger partial charge in [-0.3, -0.25) is 0 Å². The zero-order valence-electron chi connectivity index (χ0n) is 15.4. The maximum absolute atomic E-state index is 10.3.